The number of benzene rings is 5. The van der Waals surface area contributed by atoms with E-state index in [2.05, 4.69) is 108 Å². The summed E-state index contributed by atoms with van der Waals surface area (Å²) in [5.41, 5.74) is 10.3. The minimum absolute atomic E-state index is 0. The topological polar surface area (TPSA) is 126 Å². The first-order valence-electron chi connectivity index (χ1n) is 24.6. The lowest BCUT2D eigenvalue weighted by atomic mass is 9.81. The molecule has 15 nitrogen and oxygen atoms in total. The molecule has 6 aliphatic heterocycles. The second-order valence-electron chi connectivity index (χ2n) is 20.5. The highest BCUT2D eigenvalue weighted by molar-refractivity contribution is 5.89. The van der Waals surface area contributed by atoms with Crippen molar-refractivity contribution < 1.29 is 31.4 Å². The molecular formula is C56H73N9O6. The van der Waals surface area contributed by atoms with Crippen LogP contribution in [-0.2, 0) is 10.8 Å². The van der Waals surface area contributed by atoms with Crippen LogP contribution in [0, 0.1) is 6.92 Å². The van der Waals surface area contributed by atoms with Gasteiger partial charge in [-0.2, -0.15) is 0 Å². The largest absolute Gasteiger partial charge is 0.419 e. The second kappa shape index (κ2) is 19.4. The summed E-state index contributed by atoms with van der Waals surface area (Å²) in [4.78, 5) is 51.7. The van der Waals surface area contributed by atoms with E-state index in [9.17, 15) is 14.4 Å². The van der Waals surface area contributed by atoms with Gasteiger partial charge in [-0.1, -0.05) is 49.7 Å². The zero-order chi connectivity index (χ0) is 50.5. The van der Waals surface area contributed by atoms with Crippen molar-refractivity contribution in [1.82, 2.24) is 20.0 Å². The van der Waals surface area contributed by atoms with Crippen LogP contribution >= 0.6 is 0 Å². The molecule has 0 saturated carbocycles. The van der Waals surface area contributed by atoms with Crippen LogP contribution in [0.2, 0.25) is 0 Å². The Balaban J connectivity index is 0.000000160. The minimum atomic E-state index is -0.467. The lowest BCUT2D eigenvalue weighted by Crippen LogP contribution is -2.45. The Labute approximate surface area is 421 Å². The summed E-state index contributed by atoms with van der Waals surface area (Å²) in [5, 5.41) is 5.24. The molecule has 6 atom stereocenters. The van der Waals surface area contributed by atoms with Gasteiger partial charge in [-0.15, -0.1) is 0 Å². The van der Waals surface area contributed by atoms with E-state index in [1.165, 1.54) is 38.7 Å². The second-order valence-corrected chi connectivity index (χ2v) is 20.5. The highest BCUT2D eigenvalue weighted by Crippen LogP contribution is 2.53. The number of likely N-dealkylation sites (tertiary alicyclic amines) is 3. The lowest BCUT2D eigenvalue weighted by molar-refractivity contribution is 0.202. The van der Waals surface area contributed by atoms with Crippen molar-refractivity contribution in [2.24, 2.45) is 0 Å². The van der Waals surface area contributed by atoms with Gasteiger partial charge >= 0.3 is 18.3 Å². The number of hydrogen-bond donors (Lipinski definition) is 2. The van der Waals surface area contributed by atoms with Crippen LogP contribution in [0.15, 0.2) is 109 Å². The van der Waals surface area contributed by atoms with Gasteiger partial charge in [0.05, 0.1) is 18.5 Å². The first-order valence-corrected chi connectivity index (χ1v) is 24.6. The molecule has 378 valence electrons. The Morgan fingerprint density at radius 1 is 0.620 bits per heavy atom. The van der Waals surface area contributed by atoms with Crippen molar-refractivity contribution >= 4 is 46.7 Å². The molecule has 6 heterocycles. The number of carbonyl (C=O) groups excluding carboxylic acids is 3. The van der Waals surface area contributed by atoms with E-state index in [4.69, 9.17) is 14.2 Å². The Morgan fingerprint density at radius 2 is 1.14 bits per heavy atom. The van der Waals surface area contributed by atoms with Gasteiger partial charge in [-0.25, -0.2) is 14.4 Å². The fourth-order valence-electron chi connectivity index (χ4n) is 12.4. The molecule has 3 saturated heterocycles. The van der Waals surface area contributed by atoms with Crippen LogP contribution in [0.25, 0.3) is 0 Å². The zero-order valence-corrected chi connectivity index (χ0v) is 43.0. The summed E-state index contributed by atoms with van der Waals surface area (Å²) in [5.74, 6) is 2.31. The SMILES string of the molecule is CN(C(=O)Oc1ccc2c(c1)C1(C)CCN(C)C1N2C)c1ccccc1.CNC(=O)Oc1ccc2c(c1)C1CCN(C)C1N2C.Cc1ccc(NC(=O)Oc2ccc3c(c2)C2(C)CCN(C)C2N3C)cc1.[HH].[HH]. The van der Waals surface area contributed by atoms with Gasteiger partial charge in [0.2, 0.25) is 0 Å². The van der Waals surface area contributed by atoms with Gasteiger partial charge in [-0.3, -0.25) is 24.9 Å². The fourth-order valence-corrected chi connectivity index (χ4v) is 12.4. The molecular weight excluding hydrogens is 895 g/mol. The number of nitrogens with zero attached hydrogens (tertiary/aromatic N) is 7. The number of nitrogens with one attached hydrogen (secondary N) is 2. The number of anilines is 5. The van der Waals surface area contributed by atoms with Gasteiger partial charge in [-0.05, 0) is 143 Å². The number of rotatable bonds is 5. The molecule has 5 aromatic rings. The number of carbonyl (C=O) groups is 3. The third kappa shape index (κ3) is 9.11. The molecule has 2 N–H and O–H groups in total. The third-order valence-corrected chi connectivity index (χ3v) is 15.9. The molecule has 6 unspecified atom stereocenters. The minimum Gasteiger partial charge on any atom is -0.410 e. The van der Waals surface area contributed by atoms with Crippen LogP contribution in [0.1, 0.15) is 64.1 Å². The Morgan fingerprint density at radius 3 is 1.70 bits per heavy atom. The van der Waals surface area contributed by atoms with E-state index in [1.54, 1.807) is 14.1 Å². The molecule has 3 amide bonds. The quantitative estimate of drug-likeness (QED) is 0.174. The summed E-state index contributed by atoms with van der Waals surface area (Å²) in [7, 11) is 16.2. The smallest absolute Gasteiger partial charge is 0.410 e. The van der Waals surface area contributed by atoms with Crippen molar-refractivity contribution in [3.05, 3.63) is 131 Å². The van der Waals surface area contributed by atoms with E-state index in [0.29, 0.717) is 41.7 Å². The molecule has 0 spiro atoms. The summed E-state index contributed by atoms with van der Waals surface area (Å²) < 4.78 is 16.4. The van der Waals surface area contributed by atoms with Gasteiger partial charge in [0.25, 0.3) is 0 Å². The number of hydrogen-bond acceptors (Lipinski definition) is 12. The number of amides is 3. The Kier molecular flexibility index (Phi) is 13.5. The lowest BCUT2D eigenvalue weighted by Gasteiger charge is -2.32. The average molecular weight is 968 g/mol. The highest BCUT2D eigenvalue weighted by atomic mass is 16.6. The molecule has 0 aromatic heterocycles. The van der Waals surface area contributed by atoms with E-state index in [-0.39, 0.29) is 19.8 Å². The van der Waals surface area contributed by atoms with Crippen LogP contribution in [-0.4, -0.2) is 127 Å². The summed E-state index contributed by atoms with van der Waals surface area (Å²) in [6, 6.07) is 35.0. The summed E-state index contributed by atoms with van der Waals surface area (Å²) in [6.07, 6.45) is 3.23. The molecule has 6 aliphatic rings. The maximum absolute atomic E-state index is 12.5. The van der Waals surface area contributed by atoms with Gasteiger partial charge < -0.3 is 34.2 Å². The maximum Gasteiger partial charge on any atom is 0.419 e. The summed E-state index contributed by atoms with van der Waals surface area (Å²) >= 11 is 0. The molecule has 0 bridgehead atoms. The molecule has 0 aliphatic carbocycles. The number of para-hydroxylation sites is 1. The van der Waals surface area contributed by atoms with Crippen LogP contribution in [0.3, 0.4) is 0 Å². The number of fused-ring (bicyclic) bond motifs is 9. The van der Waals surface area contributed by atoms with E-state index >= 15 is 0 Å². The van der Waals surface area contributed by atoms with Crippen molar-refractivity contribution in [3.8, 4) is 17.2 Å². The number of likely N-dealkylation sites (N-methyl/N-ethyl adjacent to an activating group) is 6. The molecule has 11 rings (SSSR count). The molecule has 0 radical (unpaired) electrons. The number of aryl methyl sites for hydroxylation is 1. The predicted molar refractivity (Wildman–Crippen MR) is 286 cm³/mol. The average Bonchev–Trinajstić information content (AvgIpc) is 4.16. The van der Waals surface area contributed by atoms with Gasteiger partial charge in [0.15, 0.2) is 0 Å². The highest BCUT2D eigenvalue weighted by Gasteiger charge is 2.53. The van der Waals surface area contributed by atoms with Gasteiger partial charge in [0, 0.05) is 103 Å². The fraction of sp³-hybridized carbons (Fsp3) is 0.411. The van der Waals surface area contributed by atoms with E-state index in [1.807, 2.05) is 104 Å². The monoisotopic (exact) mass is 968 g/mol. The standard InChI is InChI=1S/2C21H25N3O2.C14H19N3O2.2H2/c1-14-5-7-15(8-6-14)22-20(25)26-16-9-10-18-17(13-16)21(2)11-12-23(3)19(21)24(18)4;1-21-12-13-22(2)19(21)24(4)18-11-10-16(14-17(18)21)26-20(25)23(3)15-8-6-5-7-9-15;1-15-14(18)19-9-4-5-12-11(8-9)10-6-7-16(2)13(10)17(12)3;;/h5-10,13,19H,11-12H2,1-4H3,(H,22,25);5-11,14,19H,12-13H2,1-4H3;4-5,8,10,13H,6-7H2,1-3H3,(H,15,18);2*1H. The molecule has 3 fully saturated rings. The zero-order valence-electron chi connectivity index (χ0n) is 43.0. The first kappa shape index (κ1) is 49.2. The summed E-state index contributed by atoms with van der Waals surface area (Å²) in [6.45, 7) is 9.89. The Bertz CT molecular complexity index is 2810. The van der Waals surface area contributed by atoms with Crippen LogP contribution in [0.5, 0.6) is 17.2 Å². The third-order valence-electron chi connectivity index (χ3n) is 15.9. The Hall–Kier alpha value is -6.81. The first-order chi connectivity index (χ1) is 33.9. The van der Waals surface area contributed by atoms with Crippen molar-refractivity contribution in [2.45, 2.75) is 75.3 Å². The number of ether oxygens (including phenoxy) is 3. The van der Waals surface area contributed by atoms with Crippen molar-refractivity contribution in [3.63, 3.8) is 0 Å². The van der Waals surface area contributed by atoms with Crippen LogP contribution < -0.4 is 44.4 Å². The van der Waals surface area contributed by atoms with Crippen LogP contribution in [0.4, 0.5) is 42.8 Å². The predicted octanol–water partition coefficient (Wildman–Crippen LogP) is 9.76. The van der Waals surface area contributed by atoms with E-state index in [0.717, 1.165) is 55.8 Å². The van der Waals surface area contributed by atoms with Crippen molar-refractivity contribution in [1.29, 1.82) is 0 Å². The van der Waals surface area contributed by atoms with E-state index < -0.39 is 12.2 Å². The molecule has 5 aromatic carbocycles. The molecule has 71 heavy (non-hydrogen) atoms. The molecule has 15 heteroatoms. The van der Waals surface area contributed by atoms with Gasteiger partial charge in [0.1, 0.15) is 17.2 Å². The van der Waals surface area contributed by atoms with Crippen molar-refractivity contribution in [2.75, 3.05) is 101 Å². The maximum atomic E-state index is 12.5. The normalized spacial score (nSPS) is 24.5.